The molecular weight excluding hydrogens is 268 g/mol. The molecule has 0 saturated carbocycles. The predicted octanol–water partition coefficient (Wildman–Crippen LogP) is 1.04. The van der Waals surface area contributed by atoms with E-state index >= 15 is 0 Å². The van der Waals surface area contributed by atoms with E-state index in [2.05, 4.69) is 0 Å². The van der Waals surface area contributed by atoms with Crippen LogP contribution in [-0.2, 0) is 14.8 Å². The first-order valence-corrected chi connectivity index (χ1v) is 6.81. The fourth-order valence-electron chi connectivity index (χ4n) is 1.37. The number of carbonyl (C=O) groups is 1. The third-order valence-electron chi connectivity index (χ3n) is 2.96. The lowest BCUT2D eigenvalue weighted by Crippen LogP contribution is -2.50. The SMILES string of the molecule is CN(C(C)(C)C(=O)O)S(=O)(=O)c1ccccc1C#N. The van der Waals surface area contributed by atoms with Crippen LogP contribution in [0.5, 0.6) is 0 Å². The zero-order valence-electron chi connectivity index (χ0n) is 10.8. The summed E-state index contributed by atoms with van der Waals surface area (Å²) in [6.07, 6.45) is 0. The number of sulfonamides is 1. The van der Waals surface area contributed by atoms with E-state index in [-0.39, 0.29) is 10.5 Å². The van der Waals surface area contributed by atoms with Gasteiger partial charge >= 0.3 is 5.97 Å². The van der Waals surface area contributed by atoms with Gasteiger partial charge < -0.3 is 5.11 Å². The second kappa shape index (κ2) is 4.99. The zero-order valence-corrected chi connectivity index (χ0v) is 11.6. The van der Waals surface area contributed by atoms with Gasteiger partial charge in [-0.2, -0.15) is 9.57 Å². The monoisotopic (exact) mass is 282 g/mol. The van der Waals surface area contributed by atoms with Gasteiger partial charge in [0.1, 0.15) is 11.6 Å². The van der Waals surface area contributed by atoms with Crippen LogP contribution in [0.3, 0.4) is 0 Å². The van der Waals surface area contributed by atoms with E-state index in [0.29, 0.717) is 0 Å². The second-order valence-corrected chi connectivity index (χ2v) is 6.38. The van der Waals surface area contributed by atoms with E-state index in [9.17, 15) is 13.2 Å². The average molecular weight is 282 g/mol. The molecule has 1 aromatic carbocycles. The number of likely N-dealkylation sites (N-methyl/N-ethyl adjacent to an activating group) is 1. The molecule has 19 heavy (non-hydrogen) atoms. The molecule has 0 aliphatic carbocycles. The molecule has 1 aromatic rings. The lowest BCUT2D eigenvalue weighted by molar-refractivity contribution is -0.145. The quantitative estimate of drug-likeness (QED) is 0.889. The maximum atomic E-state index is 12.4. The summed E-state index contributed by atoms with van der Waals surface area (Å²) in [4.78, 5) is 10.9. The van der Waals surface area contributed by atoms with Crippen LogP contribution in [0.25, 0.3) is 0 Å². The molecule has 7 heteroatoms. The summed E-state index contributed by atoms with van der Waals surface area (Å²) in [5.41, 5.74) is -1.63. The maximum Gasteiger partial charge on any atom is 0.324 e. The number of carboxylic acids is 1. The molecule has 6 nitrogen and oxygen atoms in total. The second-order valence-electron chi connectivity index (χ2n) is 4.44. The highest BCUT2D eigenvalue weighted by molar-refractivity contribution is 7.89. The molecule has 0 spiro atoms. The number of aliphatic carboxylic acids is 1. The van der Waals surface area contributed by atoms with Crippen molar-refractivity contribution in [3.63, 3.8) is 0 Å². The maximum absolute atomic E-state index is 12.4. The van der Waals surface area contributed by atoms with Crippen molar-refractivity contribution < 1.29 is 18.3 Å². The minimum Gasteiger partial charge on any atom is -0.480 e. The van der Waals surface area contributed by atoms with Crippen molar-refractivity contribution in [3.8, 4) is 6.07 Å². The van der Waals surface area contributed by atoms with E-state index < -0.39 is 21.5 Å². The lowest BCUT2D eigenvalue weighted by atomic mass is 10.1. The Morgan fingerprint density at radius 2 is 1.89 bits per heavy atom. The Bertz CT molecular complexity index is 644. The minimum absolute atomic E-state index is 0.0180. The van der Waals surface area contributed by atoms with Gasteiger partial charge in [-0.25, -0.2) is 8.42 Å². The van der Waals surface area contributed by atoms with Crippen LogP contribution < -0.4 is 0 Å². The van der Waals surface area contributed by atoms with Gasteiger partial charge in [-0.05, 0) is 26.0 Å². The molecule has 0 aromatic heterocycles. The van der Waals surface area contributed by atoms with E-state index in [1.807, 2.05) is 0 Å². The smallest absolute Gasteiger partial charge is 0.324 e. The summed E-state index contributed by atoms with van der Waals surface area (Å²) in [5.74, 6) is -1.27. The highest BCUT2D eigenvalue weighted by Gasteiger charge is 2.40. The Hall–Kier alpha value is -1.91. The van der Waals surface area contributed by atoms with Crippen LogP contribution in [0.4, 0.5) is 0 Å². The van der Waals surface area contributed by atoms with Crippen LogP contribution in [0.1, 0.15) is 19.4 Å². The average Bonchev–Trinajstić information content (AvgIpc) is 2.37. The molecule has 0 bridgehead atoms. The van der Waals surface area contributed by atoms with Gasteiger partial charge in [0.2, 0.25) is 10.0 Å². The molecule has 0 atom stereocenters. The summed E-state index contributed by atoms with van der Waals surface area (Å²) in [7, 11) is -2.88. The normalized spacial score (nSPS) is 12.2. The van der Waals surface area contributed by atoms with Gasteiger partial charge in [0.05, 0.1) is 10.5 Å². The van der Waals surface area contributed by atoms with Crippen molar-refractivity contribution in [2.24, 2.45) is 0 Å². The number of rotatable bonds is 4. The predicted molar refractivity (Wildman–Crippen MR) is 67.8 cm³/mol. The standard InChI is InChI=1S/C12H14N2O4S/c1-12(2,11(15)16)14(3)19(17,18)10-7-5-4-6-9(10)8-13/h4-7H,1-3H3,(H,15,16). The zero-order chi connectivity index (χ0) is 14.8. The molecule has 1 rings (SSSR count). The van der Waals surface area contributed by atoms with Gasteiger partial charge in [-0.1, -0.05) is 12.1 Å². The van der Waals surface area contributed by atoms with Crippen LogP contribution in [0, 0.1) is 11.3 Å². The number of hydrogen-bond acceptors (Lipinski definition) is 4. The Balaban J connectivity index is 3.42. The van der Waals surface area contributed by atoms with Crippen molar-refractivity contribution in [2.75, 3.05) is 7.05 Å². The number of nitriles is 1. The Labute approximate surface area is 111 Å². The van der Waals surface area contributed by atoms with Crippen molar-refractivity contribution >= 4 is 16.0 Å². The van der Waals surface area contributed by atoms with Crippen LogP contribution in [0.15, 0.2) is 29.2 Å². The highest BCUT2D eigenvalue weighted by Crippen LogP contribution is 2.25. The van der Waals surface area contributed by atoms with Crippen molar-refractivity contribution in [3.05, 3.63) is 29.8 Å². The Kier molecular flexibility index (Phi) is 3.98. The van der Waals surface area contributed by atoms with Crippen molar-refractivity contribution in [2.45, 2.75) is 24.3 Å². The van der Waals surface area contributed by atoms with Gasteiger partial charge in [0.15, 0.2) is 0 Å². The minimum atomic E-state index is -4.05. The number of nitrogens with zero attached hydrogens (tertiary/aromatic N) is 2. The first kappa shape index (κ1) is 15.1. The molecule has 0 unspecified atom stereocenters. The fraction of sp³-hybridized carbons (Fsp3) is 0.333. The number of carboxylic acid groups (broad SMARTS) is 1. The molecule has 0 saturated heterocycles. The van der Waals surface area contributed by atoms with E-state index in [4.69, 9.17) is 10.4 Å². The van der Waals surface area contributed by atoms with E-state index in [1.54, 1.807) is 12.1 Å². The molecule has 0 heterocycles. The molecule has 0 radical (unpaired) electrons. The fourth-order valence-corrected chi connectivity index (χ4v) is 2.98. The van der Waals surface area contributed by atoms with E-state index in [1.165, 1.54) is 39.1 Å². The number of benzene rings is 1. The van der Waals surface area contributed by atoms with Crippen LogP contribution in [0.2, 0.25) is 0 Å². The largest absolute Gasteiger partial charge is 0.480 e. The molecule has 0 fully saturated rings. The Morgan fingerprint density at radius 1 is 1.37 bits per heavy atom. The summed E-state index contributed by atoms with van der Waals surface area (Å²) in [5, 5.41) is 18.0. The molecule has 0 amide bonds. The van der Waals surface area contributed by atoms with E-state index in [0.717, 1.165) is 4.31 Å². The summed E-state index contributed by atoms with van der Waals surface area (Å²) in [6.45, 7) is 2.56. The summed E-state index contributed by atoms with van der Waals surface area (Å²) in [6, 6.07) is 7.46. The molecule has 1 N–H and O–H groups in total. The molecular formula is C12H14N2O4S. The lowest BCUT2D eigenvalue weighted by Gasteiger charge is -2.30. The van der Waals surface area contributed by atoms with Gasteiger partial charge in [0, 0.05) is 7.05 Å². The molecule has 0 aliphatic heterocycles. The van der Waals surface area contributed by atoms with Crippen molar-refractivity contribution in [1.82, 2.24) is 4.31 Å². The van der Waals surface area contributed by atoms with Crippen LogP contribution in [-0.4, -0.2) is 36.4 Å². The first-order chi connectivity index (χ1) is 8.65. The summed E-state index contributed by atoms with van der Waals surface area (Å²) < 4.78 is 25.5. The third kappa shape index (κ3) is 2.59. The topological polar surface area (TPSA) is 98.5 Å². The Morgan fingerprint density at radius 3 is 2.37 bits per heavy atom. The third-order valence-corrected chi connectivity index (χ3v) is 5.05. The van der Waals surface area contributed by atoms with Crippen molar-refractivity contribution in [1.29, 1.82) is 5.26 Å². The van der Waals surface area contributed by atoms with Gasteiger partial charge in [-0.15, -0.1) is 0 Å². The number of hydrogen-bond donors (Lipinski definition) is 1. The first-order valence-electron chi connectivity index (χ1n) is 5.37. The van der Waals surface area contributed by atoms with Crippen LogP contribution >= 0.6 is 0 Å². The highest BCUT2D eigenvalue weighted by atomic mass is 32.2. The molecule has 0 aliphatic rings. The van der Waals surface area contributed by atoms with Gasteiger partial charge in [0.25, 0.3) is 0 Å². The van der Waals surface area contributed by atoms with Gasteiger partial charge in [-0.3, -0.25) is 4.79 Å². The summed E-state index contributed by atoms with van der Waals surface area (Å²) >= 11 is 0. The molecule has 102 valence electrons.